The first-order valence-electron chi connectivity index (χ1n) is 10.2. The summed E-state index contributed by atoms with van der Waals surface area (Å²) in [6.45, 7) is -0.524. The van der Waals surface area contributed by atoms with Gasteiger partial charge in [0.15, 0.2) is 12.4 Å². The van der Waals surface area contributed by atoms with Crippen LogP contribution in [0, 0.1) is 0 Å². The van der Waals surface area contributed by atoms with Gasteiger partial charge >= 0.3 is 5.97 Å². The zero-order chi connectivity index (χ0) is 24.3. The smallest absolute Gasteiger partial charge is 0.339 e. The highest BCUT2D eigenvalue weighted by atomic mass is 32.2. The molecule has 2 aromatic carbocycles. The number of fused-ring (bicyclic) bond motifs is 1. The molecule has 2 aromatic heterocycles. The van der Waals surface area contributed by atoms with Crippen molar-refractivity contribution in [2.45, 2.75) is 4.90 Å². The average molecular weight is 480 g/mol. The third-order valence-corrected chi connectivity index (χ3v) is 6.79. The molecule has 174 valence electrons. The lowest BCUT2D eigenvalue weighted by Gasteiger charge is -2.12. The maximum absolute atomic E-state index is 12.8. The lowest BCUT2D eigenvalue weighted by molar-refractivity contribution is -0.119. The molecule has 0 bridgehead atoms. The van der Waals surface area contributed by atoms with Crippen molar-refractivity contribution >= 4 is 38.5 Å². The number of hydrogen-bond acceptors (Lipinski definition) is 7. The number of sulfonamides is 1. The fourth-order valence-corrected chi connectivity index (χ4v) is 4.12. The molecule has 0 aliphatic carbocycles. The van der Waals surface area contributed by atoms with Gasteiger partial charge in [-0.15, -0.1) is 0 Å². The van der Waals surface area contributed by atoms with Crippen molar-refractivity contribution < 1.29 is 27.2 Å². The molecule has 1 N–H and O–H groups in total. The van der Waals surface area contributed by atoms with Gasteiger partial charge in [0.2, 0.25) is 10.0 Å². The second-order valence-corrected chi connectivity index (χ2v) is 9.64. The number of amides is 1. The van der Waals surface area contributed by atoms with Crippen molar-refractivity contribution in [3.63, 3.8) is 0 Å². The molecule has 1 amide bonds. The molecule has 9 nitrogen and oxygen atoms in total. The number of benzene rings is 2. The Labute approximate surface area is 196 Å². The van der Waals surface area contributed by atoms with Crippen molar-refractivity contribution in [3.05, 3.63) is 78.6 Å². The number of carbonyl (C=O) groups excluding carboxylic acids is 2. The maximum atomic E-state index is 12.8. The number of carbonyl (C=O) groups is 2. The van der Waals surface area contributed by atoms with Crippen LogP contribution in [0.1, 0.15) is 10.4 Å². The molecule has 0 aliphatic rings. The summed E-state index contributed by atoms with van der Waals surface area (Å²) in [6.07, 6.45) is 1.51. The van der Waals surface area contributed by atoms with Gasteiger partial charge in [0.25, 0.3) is 5.91 Å². The number of pyridine rings is 1. The van der Waals surface area contributed by atoms with Crippen LogP contribution >= 0.6 is 0 Å². The summed E-state index contributed by atoms with van der Waals surface area (Å²) in [6, 6.07) is 17.8. The fraction of sp³-hybridized carbons (Fsp3) is 0.125. The maximum Gasteiger partial charge on any atom is 0.339 e. The van der Waals surface area contributed by atoms with Crippen LogP contribution in [-0.2, 0) is 19.6 Å². The Kier molecular flexibility index (Phi) is 6.44. The standard InChI is InChI=1S/C24H21N3O6S/c1-27(2)34(30,31)17-11-9-16(10-12-17)25-23(28)15-33-24(29)19-14-21(22-8-5-13-32-22)26-20-7-4-3-6-18(19)20/h3-14H,15H2,1-2H3,(H,25,28). The molecule has 0 spiro atoms. The molecule has 0 unspecified atom stereocenters. The number of nitrogens with one attached hydrogen (secondary N) is 1. The lowest BCUT2D eigenvalue weighted by atomic mass is 10.1. The summed E-state index contributed by atoms with van der Waals surface area (Å²) >= 11 is 0. The van der Waals surface area contributed by atoms with Crippen molar-refractivity contribution in [3.8, 4) is 11.5 Å². The largest absolute Gasteiger partial charge is 0.463 e. The van der Waals surface area contributed by atoms with E-state index >= 15 is 0 Å². The van der Waals surface area contributed by atoms with Crippen molar-refractivity contribution in [2.24, 2.45) is 0 Å². The van der Waals surface area contributed by atoms with Crippen LogP contribution in [0.5, 0.6) is 0 Å². The van der Waals surface area contributed by atoms with Gasteiger partial charge in [0.05, 0.1) is 22.2 Å². The molecular weight excluding hydrogens is 458 g/mol. The van der Waals surface area contributed by atoms with Crippen LogP contribution in [-0.4, -0.2) is 50.3 Å². The molecule has 0 radical (unpaired) electrons. The van der Waals surface area contributed by atoms with E-state index in [4.69, 9.17) is 9.15 Å². The molecule has 0 saturated heterocycles. The molecule has 4 rings (SSSR count). The van der Waals surface area contributed by atoms with E-state index in [2.05, 4.69) is 10.3 Å². The lowest BCUT2D eigenvalue weighted by Crippen LogP contribution is -2.22. The minimum absolute atomic E-state index is 0.0962. The van der Waals surface area contributed by atoms with E-state index < -0.39 is 28.5 Å². The highest BCUT2D eigenvalue weighted by Crippen LogP contribution is 2.25. The number of ether oxygens (including phenoxy) is 1. The number of esters is 1. The van der Waals surface area contributed by atoms with Gasteiger partial charge in [0, 0.05) is 25.2 Å². The van der Waals surface area contributed by atoms with Crippen molar-refractivity contribution in [1.29, 1.82) is 0 Å². The predicted molar refractivity (Wildman–Crippen MR) is 126 cm³/mol. The summed E-state index contributed by atoms with van der Waals surface area (Å²) in [5, 5.41) is 3.16. The Morgan fingerprint density at radius 1 is 1.03 bits per heavy atom. The van der Waals surface area contributed by atoms with Crippen LogP contribution in [0.15, 0.2) is 82.3 Å². The second-order valence-electron chi connectivity index (χ2n) is 7.49. The third-order valence-electron chi connectivity index (χ3n) is 4.96. The zero-order valence-electron chi connectivity index (χ0n) is 18.4. The fourth-order valence-electron chi connectivity index (χ4n) is 3.22. The minimum atomic E-state index is -3.57. The van der Waals surface area contributed by atoms with E-state index in [1.54, 1.807) is 42.5 Å². The molecule has 0 fully saturated rings. The SMILES string of the molecule is CN(C)S(=O)(=O)c1ccc(NC(=O)COC(=O)c2cc(-c3ccco3)nc3ccccc23)cc1. The molecule has 0 saturated carbocycles. The van der Waals surface area contributed by atoms with Crippen molar-refractivity contribution in [1.82, 2.24) is 9.29 Å². The summed E-state index contributed by atoms with van der Waals surface area (Å²) in [5.41, 5.74) is 1.67. The third kappa shape index (κ3) is 4.82. The van der Waals surface area contributed by atoms with Crippen LogP contribution < -0.4 is 5.32 Å². The normalized spacial score (nSPS) is 11.5. The summed E-state index contributed by atoms with van der Waals surface area (Å²) in [4.78, 5) is 29.8. The Hall–Kier alpha value is -4.02. The van der Waals surface area contributed by atoms with Crippen LogP contribution in [0.3, 0.4) is 0 Å². The monoisotopic (exact) mass is 479 g/mol. The van der Waals surface area contributed by atoms with E-state index in [0.29, 0.717) is 28.0 Å². The van der Waals surface area contributed by atoms with Crippen LogP contribution in [0.2, 0.25) is 0 Å². The van der Waals surface area contributed by atoms with E-state index in [1.807, 2.05) is 0 Å². The number of furan rings is 1. The number of aromatic nitrogens is 1. The molecule has 34 heavy (non-hydrogen) atoms. The molecule has 0 atom stereocenters. The second kappa shape index (κ2) is 9.46. The Bertz CT molecular complexity index is 1450. The minimum Gasteiger partial charge on any atom is -0.463 e. The van der Waals surface area contributed by atoms with Gasteiger partial charge in [-0.1, -0.05) is 18.2 Å². The van der Waals surface area contributed by atoms with Gasteiger partial charge in [-0.2, -0.15) is 0 Å². The Morgan fingerprint density at radius 3 is 2.44 bits per heavy atom. The number of rotatable bonds is 7. The Balaban J connectivity index is 1.46. The summed E-state index contributed by atoms with van der Waals surface area (Å²) in [5.74, 6) is -0.757. The Morgan fingerprint density at radius 2 is 1.76 bits per heavy atom. The van der Waals surface area contributed by atoms with Crippen molar-refractivity contribution in [2.75, 3.05) is 26.0 Å². The average Bonchev–Trinajstić information content (AvgIpc) is 3.37. The highest BCUT2D eigenvalue weighted by molar-refractivity contribution is 7.89. The van der Waals surface area contributed by atoms with Gasteiger partial charge in [-0.05, 0) is 48.5 Å². The predicted octanol–water partition coefficient (Wildman–Crippen LogP) is 3.54. The van der Waals surface area contributed by atoms with Gasteiger partial charge < -0.3 is 14.5 Å². The first-order valence-corrected chi connectivity index (χ1v) is 11.6. The quantitative estimate of drug-likeness (QED) is 0.403. The number of anilines is 1. The molecule has 4 aromatic rings. The number of para-hydroxylation sites is 1. The van der Waals surface area contributed by atoms with E-state index in [9.17, 15) is 18.0 Å². The van der Waals surface area contributed by atoms with E-state index in [0.717, 1.165) is 4.31 Å². The van der Waals surface area contributed by atoms with E-state index in [-0.39, 0.29) is 10.5 Å². The molecule has 2 heterocycles. The first-order chi connectivity index (χ1) is 16.3. The number of hydrogen-bond donors (Lipinski definition) is 1. The summed E-state index contributed by atoms with van der Waals surface area (Å²) in [7, 11) is -0.706. The van der Waals surface area contributed by atoms with Crippen LogP contribution in [0.4, 0.5) is 5.69 Å². The van der Waals surface area contributed by atoms with E-state index in [1.165, 1.54) is 44.6 Å². The summed E-state index contributed by atoms with van der Waals surface area (Å²) < 4.78 is 36.0. The van der Waals surface area contributed by atoms with Gasteiger partial charge in [-0.3, -0.25) is 4.79 Å². The molecule has 0 aliphatic heterocycles. The van der Waals surface area contributed by atoms with Gasteiger partial charge in [0.1, 0.15) is 5.69 Å². The molecule has 10 heteroatoms. The number of nitrogens with zero attached hydrogens (tertiary/aromatic N) is 2. The highest BCUT2D eigenvalue weighted by Gasteiger charge is 2.19. The first kappa shape index (κ1) is 23.1. The zero-order valence-corrected chi connectivity index (χ0v) is 19.2. The van der Waals surface area contributed by atoms with Crippen LogP contribution in [0.25, 0.3) is 22.4 Å². The van der Waals surface area contributed by atoms with Gasteiger partial charge in [-0.25, -0.2) is 22.5 Å². The molecular formula is C24H21N3O6S. The topological polar surface area (TPSA) is 119 Å².